The minimum Gasteiger partial charge on any atom is -0.493 e. The molecule has 0 radical (unpaired) electrons. The van der Waals surface area contributed by atoms with Crippen LogP contribution < -0.4 is 10.2 Å². The molecule has 0 saturated carbocycles. The molecule has 1 aromatic heterocycles. The lowest BCUT2D eigenvalue weighted by atomic mass is 10.0. The zero-order valence-corrected chi connectivity index (χ0v) is 11.5. The van der Waals surface area contributed by atoms with Crippen molar-refractivity contribution >= 4 is 11.0 Å². The molecule has 2 heterocycles. The smallest absolute Gasteiger partial charge is 0.193 e. The summed E-state index contributed by atoms with van der Waals surface area (Å²) in [5.41, 5.74) is 2.62. The van der Waals surface area contributed by atoms with Crippen LogP contribution in [0.1, 0.15) is 12.0 Å². The minimum absolute atomic E-state index is 0.0351. The Bertz CT molecular complexity index is 863. The van der Waals surface area contributed by atoms with Gasteiger partial charge in [-0.15, -0.1) is 0 Å². The molecule has 0 N–H and O–H groups in total. The second-order valence-electron chi connectivity index (χ2n) is 5.25. The molecule has 0 saturated heterocycles. The Labute approximate surface area is 121 Å². The number of fused-ring (bicyclic) bond motifs is 2. The molecule has 0 unspecified atom stereocenters. The molecule has 1 aliphatic rings. The minimum atomic E-state index is -0.0351. The van der Waals surface area contributed by atoms with E-state index in [1.54, 1.807) is 6.07 Å². The second kappa shape index (κ2) is 4.77. The van der Waals surface area contributed by atoms with Crippen molar-refractivity contribution in [1.82, 2.24) is 0 Å². The molecule has 0 bridgehead atoms. The lowest BCUT2D eigenvalue weighted by molar-refractivity contribution is 0.288. The van der Waals surface area contributed by atoms with Gasteiger partial charge in [0.1, 0.15) is 17.1 Å². The Hall–Kier alpha value is -2.55. The second-order valence-corrected chi connectivity index (χ2v) is 5.25. The highest BCUT2D eigenvalue weighted by Crippen LogP contribution is 2.30. The van der Waals surface area contributed by atoms with E-state index in [0.29, 0.717) is 23.3 Å². The Kier molecular flexibility index (Phi) is 2.78. The monoisotopic (exact) mass is 278 g/mol. The fourth-order valence-corrected chi connectivity index (χ4v) is 2.74. The van der Waals surface area contributed by atoms with Crippen LogP contribution in [0.25, 0.3) is 22.3 Å². The van der Waals surface area contributed by atoms with Crippen LogP contribution in [-0.4, -0.2) is 6.61 Å². The normalized spacial score (nSPS) is 13.7. The van der Waals surface area contributed by atoms with Crippen molar-refractivity contribution in [3.05, 3.63) is 64.3 Å². The predicted molar refractivity (Wildman–Crippen MR) is 81.7 cm³/mol. The summed E-state index contributed by atoms with van der Waals surface area (Å²) in [5, 5.41) is 0.579. The maximum atomic E-state index is 12.3. The average molecular weight is 278 g/mol. The fraction of sp³-hybridized carbons (Fsp3) is 0.167. The molecule has 21 heavy (non-hydrogen) atoms. The highest BCUT2D eigenvalue weighted by molar-refractivity contribution is 5.81. The summed E-state index contributed by atoms with van der Waals surface area (Å²) in [7, 11) is 0. The SMILES string of the molecule is O=c1cc(-c2ccccc2)oc2cc3c(cc12)OCCC3. The Morgan fingerprint density at radius 3 is 2.71 bits per heavy atom. The van der Waals surface area contributed by atoms with Crippen LogP contribution in [-0.2, 0) is 6.42 Å². The molecular formula is C18H14O3. The van der Waals surface area contributed by atoms with Crippen molar-refractivity contribution in [2.24, 2.45) is 0 Å². The molecule has 0 atom stereocenters. The number of hydrogen-bond donors (Lipinski definition) is 0. The van der Waals surface area contributed by atoms with Gasteiger partial charge in [0.2, 0.25) is 0 Å². The number of ether oxygens (including phenoxy) is 1. The van der Waals surface area contributed by atoms with Gasteiger partial charge >= 0.3 is 0 Å². The van der Waals surface area contributed by atoms with Crippen LogP contribution in [0.3, 0.4) is 0 Å². The zero-order valence-electron chi connectivity index (χ0n) is 11.5. The van der Waals surface area contributed by atoms with Gasteiger partial charge in [0.05, 0.1) is 12.0 Å². The Morgan fingerprint density at radius 1 is 1.00 bits per heavy atom. The molecule has 0 amide bonds. The average Bonchev–Trinajstić information content (AvgIpc) is 2.54. The van der Waals surface area contributed by atoms with Gasteiger partial charge in [-0.3, -0.25) is 4.79 Å². The van der Waals surface area contributed by atoms with E-state index in [1.165, 1.54) is 0 Å². The van der Waals surface area contributed by atoms with Gasteiger partial charge in [-0.05, 0) is 30.5 Å². The van der Waals surface area contributed by atoms with Gasteiger partial charge in [0.15, 0.2) is 5.43 Å². The highest BCUT2D eigenvalue weighted by atomic mass is 16.5. The highest BCUT2D eigenvalue weighted by Gasteiger charge is 2.15. The first-order valence-electron chi connectivity index (χ1n) is 7.10. The molecule has 0 spiro atoms. The van der Waals surface area contributed by atoms with Crippen LogP contribution in [0.4, 0.5) is 0 Å². The lowest BCUT2D eigenvalue weighted by Crippen LogP contribution is -2.09. The quantitative estimate of drug-likeness (QED) is 0.680. The summed E-state index contributed by atoms with van der Waals surface area (Å²) in [6.07, 6.45) is 1.96. The fourth-order valence-electron chi connectivity index (χ4n) is 2.74. The van der Waals surface area contributed by atoms with E-state index in [4.69, 9.17) is 9.15 Å². The first kappa shape index (κ1) is 12.2. The third-order valence-corrected chi connectivity index (χ3v) is 3.82. The van der Waals surface area contributed by atoms with Crippen LogP contribution in [0, 0.1) is 0 Å². The van der Waals surface area contributed by atoms with Crippen molar-refractivity contribution in [3.8, 4) is 17.1 Å². The summed E-state index contributed by atoms with van der Waals surface area (Å²) < 4.78 is 11.6. The van der Waals surface area contributed by atoms with E-state index in [1.807, 2.05) is 42.5 Å². The van der Waals surface area contributed by atoms with E-state index in [2.05, 4.69) is 0 Å². The molecule has 3 heteroatoms. The number of aryl methyl sites for hydroxylation is 1. The molecule has 0 fully saturated rings. The summed E-state index contributed by atoms with van der Waals surface area (Å²) in [6, 6.07) is 15.0. The van der Waals surface area contributed by atoms with E-state index in [9.17, 15) is 4.79 Å². The Balaban J connectivity index is 1.95. The molecule has 3 nitrogen and oxygen atoms in total. The van der Waals surface area contributed by atoms with Gasteiger partial charge in [-0.25, -0.2) is 0 Å². The Morgan fingerprint density at radius 2 is 1.86 bits per heavy atom. The topological polar surface area (TPSA) is 39.4 Å². The molecular weight excluding hydrogens is 264 g/mol. The van der Waals surface area contributed by atoms with Crippen LogP contribution in [0.15, 0.2) is 57.7 Å². The van der Waals surface area contributed by atoms with Crippen LogP contribution in [0.5, 0.6) is 5.75 Å². The van der Waals surface area contributed by atoms with Crippen molar-refractivity contribution in [2.75, 3.05) is 6.61 Å². The van der Waals surface area contributed by atoms with E-state index < -0.39 is 0 Å². The molecule has 2 aromatic carbocycles. The van der Waals surface area contributed by atoms with Crippen LogP contribution in [0.2, 0.25) is 0 Å². The van der Waals surface area contributed by atoms with Gasteiger partial charge in [-0.2, -0.15) is 0 Å². The maximum absolute atomic E-state index is 12.3. The van der Waals surface area contributed by atoms with E-state index in [-0.39, 0.29) is 5.43 Å². The zero-order chi connectivity index (χ0) is 14.2. The maximum Gasteiger partial charge on any atom is 0.193 e. The first-order valence-corrected chi connectivity index (χ1v) is 7.10. The van der Waals surface area contributed by atoms with E-state index >= 15 is 0 Å². The summed E-state index contributed by atoms with van der Waals surface area (Å²) in [6.45, 7) is 0.714. The number of hydrogen-bond acceptors (Lipinski definition) is 3. The molecule has 3 aromatic rings. The summed E-state index contributed by atoms with van der Waals surface area (Å²) in [4.78, 5) is 12.3. The van der Waals surface area contributed by atoms with Gasteiger partial charge in [-0.1, -0.05) is 30.3 Å². The van der Waals surface area contributed by atoms with Gasteiger partial charge in [0.25, 0.3) is 0 Å². The van der Waals surface area contributed by atoms with Crippen molar-refractivity contribution in [1.29, 1.82) is 0 Å². The molecule has 4 rings (SSSR count). The molecule has 1 aliphatic heterocycles. The standard InChI is InChI=1S/C18H14O3/c19-15-11-17(12-5-2-1-3-6-12)21-18-9-13-7-4-8-20-16(13)10-14(15)18/h1-3,5-6,9-11H,4,7-8H2. The van der Waals surface area contributed by atoms with Gasteiger partial charge in [0, 0.05) is 11.6 Å². The van der Waals surface area contributed by atoms with Crippen molar-refractivity contribution in [2.45, 2.75) is 12.8 Å². The summed E-state index contributed by atoms with van der Waals surface area (Å²) >= 11 is 0. The largest absolute Gasteiger partial charge is 0.493 e. The number of rotatable bonds is 1. The predicted octanol–water partition coefficient (Wildman–Crippen LogP) is 3.79. The number of benzene rings is 2. The van der Waals surface area contributed by atoms with E-state index in [0.717, 1.165) is 29.7 Å². The first-order chi connectivity index (χ1) is 10.3. The third kappa shape index (κ3) is 2.11. The summed E-state index contributed by atoms with van der Waals surface area (Å²) in [5.74, 6) is 1.42. The lowest BCUT2D eigenvalue weighted by Gasteiger charge is -2.17. The van der Waals surface area contributed by atoms with Crippen molar-refractivity contribution in [3.63, 3.8) is 0 Å². The van der Waals surface area contributed by atoms with Crippen molar-refractivity contribution < 1.29 is 9.15 Å². The molecule has 0 aliphatic carbocycles. The third-order valence-electron chi connectivity index (χ3n) is 3.82. The van der Waals surface area contributed by atoms with Gasteiger partial charge < -0.3 is 9.15 Å². The van der Waals surface area contributed by atoms with Crippen LogP contribution >= 0.6 is 0 Å². The molecule has 104 valence electrons.